The molecule has 1 aromatic heterocycles. The molecule has 4 rings (SSSR count). The number of likely N-dealkylation sites (tertiary alicyclic amines) is 1. The predicted molar refractivity (Wildman–Crippen MR) is 108 cm³/mol. The van der Waals surface area contributed by atoms with Crippen molar-refractivity contribution in [3.63, 3.8) is 0 Å². The Morgan fingerprint density at radius 2 is 1.85 bits per heavy atom. The highest BCUT2D eigenvalue weighted by molar-refractivity contribution is 6.30. The molecule has 0 atom stereocenters. The molecule has 0 radical (unpaired) electrons. The van der Waals surface area contributed by atoms with Gasteiger partial charge in [0.15, 0.2) is 0 Å². The van der Waals surface area contributed by atoms with E-state index in [2.05, 4.69) is 57.4 Å². The van der Waals surface area contributed by atoms with Crippen LogP contribution in [0.2, 0.25) is 5.02 Å². The van der Waals surface area contributed by atoms with Crippen molar-refractivity contribution in [3.05, 3.63) is 64.9 Å². The van der Waals surface area contributed by atoms with Gasteiger partial charge in [-0.25, -0.2) is 9.97 Å². The molecule has 3 aromatic rings. The Bertz CT molecular complexity index is 886. The number of anilines is 1. The van der Waals surface area contributed by atoms with Gasteiger partial charge in [-0.1, -0.05) is 35.4 Å². The van der Waals surface area contributed by atoms with Gasteiger partial charge in [-0.2, -0.15) is 0 Å². The van der Waals surface area contributed by atoms with Crippen molar-refractivity contribution in [1.29, 1.82) is 0 Å². The Balaban J connectivity index is 1.38. The average molecular weight is 367 g/mol. The first-order valence-electron chi connectivity index (χ1n) is 9.12. The van der Waals surface area contributed by atoms with Gasteiger partial charge in [-0.3, -0.25) is 4.90 Å². The summed E-state index contributed by atoms with van der Waals surface area (Å²) in [5.74, 6) is 0.954. The highest BCUT2D eigenvalue weighted by Gasteiger charge is 2.20. The summed E-state index contributed by atoms with van der Waals surface area (Å²) in [4.78, 5) is 11.4. The third-order valence-electron chi connectivity index (χ3n) is 5.04. The molecular formula is C21H23ClN4. The molecular weight excluding hydrogens is 344 g/mol. The monoisotopic (exact) mass is 366 g/mol. The van der Waals surface area contributed by atoms with Crippen LogP contribution < -0.4 is 5.32 Å². The van der Waals surface area contributed by atoms with E-state index >= 15 is 0 Å². The second-order valence-corrected chi connectivity index (χ2v) is 7.50. The molecule has 134 valence electrons. The van der Waals surface area contributed by atoms with Crippen molar-refractivity contribution in [2.45, 2.75) is 32.4 Å². The van der Waals surface area contributed by atoms with Gasteiger partial charge in [-0.05, 0) is 49.6 Å². The Hall–Kier alpha value is -2.17. The van der Waals surface area contributed by atoms with Crippen LogP contribution in [-0.4, -0.2) is 34.0 Å². The molecule has 1 N–H and O–H groups in total. The molecule has 0 aliphatic carbocycles. The van der Waals surface area contributed by atoms with Crippen LogP contribution in [0, 0.1) is 6.92 Å². The molecule has 0 bridgehead atoms. The predicted octanol–water partition coefficient (Wildman–Crippen LogP) is 4.67. The van der Waals surface area contributed by atoms with E-state index in [-0.39, 0.29) is 0 Å². The summed E-state index contributed by atoms with van der Waals surface area (Å²) in [5, 5.41) is 5.55. The lowest BCUT2D eigenvalue weighted by Gasteiger charge is -2.32. The summed E-state index contributed by atoms with van der Waals surface area (Å²) < 4.78 is 0. The summed E-state index contributed by atoms with van der Waals surface area (Å²) in [7, 11) is 0. The molecule has 1 fully saturated rings. The van der Waals surface area contributed by atoms with Crippen LogP contribution in [0.5, 0.6) is 0 Å². The van der Waals surface area contributed by atoms with Crippen molar-refractivity contribution < 1.29 is 0 Å². The second kappa shape index (κ2) is 7.60. The third-order valence-corrected chi connectivity index (χ3v) is 5.29. The van der Waals surface area contributed by atoms with Crippen LogP contribution in [0.3, 0.4) is 0 Å². The number of aromatic nitrogens is 2. The quantitative estimate of drug-likeness (QED) is 0.728. The Labute approximate surface area is 159 Å². The molecule has 2 aromatic carbocycles. The molecule has 0 unspecified atom stereocenters. The van der Waals surface area contributed by atoms with E-state index in [0.717, 1.165) is 54.2 Å². The van der Waals surface area contributed by atoms with Gasteiger partial charge in [0.1, 0.15) is 12.1 Å². The number of rotatable bonds is 4. The molecule has 2 heterocycles. The molecule has 5 heteroatoms. The van der Waals surface area contributed by atoms with Crippen LogP contribution in [0.4, 0.5) is 5.82 Å². The van der Waals surface area contributed by atoms with E-state index in [1.807, 2.05) is 12.1 Å². The topological polar surface area (TPSA) is 41.1 Å². The number of nitrogens with zero attached hydrogens (tertiary/aromatic N) is 3. The van der Waals surface area contributed by atoms with Crippen LogP contribution >= 0.6 is 11.6 Å². The maximum atomic E-state index is 5.97. The zero-order valence-electron chi connectivity index (χ0n) is 15.0. The van der Waals surface area contributed by atoms with Crippen molar-refractivity contribution in [1.82, 2.24) is 14.9 Å². The lowest BCUT2D eigenvalue weighted by molar-refractivity contribution is 0.211. The maximum absolute atomic E-state index is 5.97. The Morgan fingerprint density at radius 1 is 1.08 bits per heavy atom. The zero-order chi connectivity index (χ0) is 17.9. The van der Waals surface area contributed by atoms with E-state index in [9.17, 15) is 0 Å². The molecule has 26 heavy (non-hydrogen) atoms. The third kappa shape index (κ3) is 3.97. The lowest BCUT2D eigenvalue weighted by atomic mass is 10.0. The lowest BCUT2D eigenvalue weighted by Crippen LogP contribution is -2.38. The number of hydrogen-bond acceptors (Lipinski definition) is 4. The molecule has 0 saturated carbocycles. The minimum atomic E-state index is 0.454. The van der Waals surface area contributed by atoms with E-state index in [0.29, 0.717) is 6.04 Å². The number of benzene rings is 2. The van der Waals surface area contributed by atoms with Gasteiger partial charge in [0.05, 0.1) is 5.52 Å². The van der Waals surface area contributed by atoms with Crippen molar-refractivity contribution >= 4 is 28.3 Å². The summed E-state index contributed by atoms with van der Waals surface area (Å²) in [6, 6.07) is 14.9. The number of fused-ring (bicyclic) bond motifs is 1. The van der Waals surface area contributed by atoms with Gasteiger partial charge in [0.25, 0.3) is 0 Å². The van der Waals surface area contributed by atoms with E-state index in [1.165, 1.54) is 11.1 Å². The van der Waals surface area contributed by atoms with E-state index in [4.69, 9.17) is 11.6 Å². The van der Waals surface area contributed by atoms with Crippen LogP contribution in [0.25, 0.3) is 10.9 Å². The average Bonchev–Trinajstić information content (AvgIpc) is 2.66. The van der Waals surface area contributed by atoms with Gasteiger partial charge in [0.2, 0.25) is 0 Å². The Kier molecular flexibility index (Phi) is 5.05. The fourth-order valence-electron chi connectivity index (χ4n) is 3.56. The molecule has 0 spiro atoms. The summed E-state index contributed by atoms with van der Waals surface area (Å²) in [5.41, 5.74) is 3.54. The standard InChI is InChI=1S/C21H23ClN4/c1-15-2-7-20-19(12-15)21(24-14-23-20)25-18-8-10-26(11-9-18)13-16-3-5-17(22)6-4-16/h2-7,12,14,18H,8-11,13H2,1H3,(H,23,24,25). The summed E-state index contributed by atoms with van der Waals surface area (Å²) in [6.45, 7) is 5.26. The minimum Gasteiger partial charge on any atom is -0.367 e. The van der Waals surface area contributed by atoms with Gasteiger partial charge < -0.3 is 5.32 Å². The number of piperidine rings is 1. The Morgan fingerprint density at radius 3 is 2.62 bits per heavy atom. The summed E-state index contributed by atoms with van der Waals surface area (Å²) in [6.07, 6.45) is 3.88. The number of hydrogen-bond donors (Lipinski definition) is 1. The van der Waals surface area contributed by atoms with E-state index < -0.39 is 0 Å². The minimum absolute atomic E-state index is 0.454. The van der Waals surface area contributed by atoms with Gasteiger partial charge in [-0.15, -0.1) is 0 Å². The van der Waals surface area contributed by atoms with Crippen LogP contribution in [-0.2, 0) is 6.54 Å². The summed E-state index contributed by atoms with van der Waals surface area (Å²) >= 11 is 5.97. The molecule has 1 aliphatic heterocycles. The molecule has 4 nitrogen and oxygen atoms in total. The van der Waals surface area contributed by atoms with Gasteiger partial charge >= 0.3 is 0 Å². The fraction of sp³-hybridized carbons (Fsp3) is 0.333. The van der Waals surface area contributed by atoms with Crippen LogP contribution in [0.1, 0.15) is 24.0 Å². The molecule has 0 amide bonds. The molecule has 1 aliphatic rings. The fourth-order valence-corrected chi connectivity index (χ4v) is 3.69. The van der Waals surface area contributed by atoms with Crippen LogP contribution in [0.15, 0.2) is 48.8 Å². The highest BCUT2D eigenvalue weighted by Crippen LogP contribution is 2.24. The highest BCUT2D eigenvalue weighted by atomic mass is 35.5. The van der Waals surface area contributed by atoms with Crippen molar-refractivity contribution in [3.8, 4) is 0 Å². The number of aryl methyl sites for hydroxylation is 1. The normalized spacial score (nSPS) is 16.1. The second-order valence-electron chi connectivity index (χ2n) is 7.06. The van der Waals surface area contributed by atoms with E-state index in [1.54, 1.807) is 6.33 Å². The first kappa shape index (κ1) is 17.3. The van der Waals surface area contributed by atoms with Gasteiger partial charge in [0, 0.05) is 36.1 Å². The van der Waals surface area contributed by atoms with Crippen molar-refractivity contribution in [2.75, 3.05) is 18.4 Å². The number of halogens is 1. The molecule has 1 saturated heterocycles. The first-order valence-corrected chi connectivity index (χ1v) is 9.50. The number of nitrogens with one attached hydrogen (secondary N) is 1. The largest absolute Gasteiger partial charge is 0.367 e. The first-order chi connectivity index (χ1) is 12.7. The smallest absolute Gasteiger partial charge is 0.137 e. The zero-order valence-corrected chi connectivity index (χ0v) is 15.7. The van der Waals surface area contributed by atoms with Crippen molar-refractivity contribution in [2.24, 2.45) is 0 Å². The maximum Gasteiger partial charge on any atom is 0.137 e. The SMILES string of the molecule is Cc1ccc2ncnc(NC3CCN(Cc4ccc(Cl)cc4)CC3)c2c1.